The molecular formula is C16H25FN2O. The number of carbonyl (C=O) groups is 1. The molecule has 112 valence electrons. The van der Waals surface area contributed by atoms with Gasteiger partial charge in [0.2, 0.25) is 5.91 Å². The maximum absolute atomic E-state index is 12.8. The Balaban J connectivity index is 2.42. The SMILES string of the molecule is CC(N)CCCC(C)C(=O)N[C@H](C)c1ccc(F)cc1. The highest BCUT2D eigenvalue weighted by Crippen LogP contribution is 2.15. The molecule has 0 saturated carbocycles. The van der Waals surface area contributed by atoms with E-state index in [2.05, 4.69) is 5.32 Å². The van der Waals surface area contributed by atoms with Crippen molar-refractivity contribution in [3.8, 4) is 0 Å². The third-order valence-electron chi connectivity index (χ3n) is 3.47. The lowest BCUT2D eigenvalue weighted by Crippen LogP contribution is -2.31. The van der Waals surface area contributed by atoms with Crippen molar-refractivity contribution in [3.05, 3.63) is 35.6 Å². The summed E-state index contributed by atoms with van der Waals surface area (Å²) in [6.45, 7) is 5.80. The molecule has 2 unspecified atom stereocenters. The monoisotopic (exact) mass is 280 g/mol. The van der Waals surface area contributed by atoms with Gasteiger partial charge in [-0.2, -0.15) is 0 Å². The molecule has 0 saturated heterocycles. The lowest BCUT2D eigenvalue weighted by atomic mass is 10.0. The number of hydrogen-bond acceptors (Lipinski definition) is 2. The second kappa shape index (κ2) is 8.00. The van der Waals surface area contributed by atoms with Crippen molar-refractivity contribution in [2.24, 2.45) is 11.7 Å². The third-order valence-corrected chi connectivity index (χ3v) is 3.47. The zero-order chi connectivity index (χ0) is 15.1. The number of nitrogens with two attached hydrogens (primary N) is 1. The molecule has 0 bridgehead atoms. The summed E-state index contributed by atoms with van der Waals surface area (Å²) in [5, 5.41) is 2.96. The van der Waals surface area contributed by atoms with Gasteiger partial charge in [-0.05, 0) is 44.4 Å². The zero-order valence-corrected chi connectivity index (χ0v) is 12.5. The largest absolute Gasteiger partial charge is 0.349 e. The summed E-state index contributed by atoms with van der Waals surface area (Å²) in [5.74, 6) is -0.264. The fourth-order valence-corrected chi connectivity index (χ4v) is 2.07. The fourth-order valence-electron chi connectivity index (χ4n) is 2.07. The Hall–Kier alpha value is -1.42. The van der Waals surface area contributed by atoms with Crippen molar-refractivity contribution in [2.75, 3.05) is 0 Å². The molecule has 3 nitrogen and oxygen atoms in total. The molecular weight excluding hydrogens is 255 g/mol. The van der Waals surface area contributed by atoms with Crippen LogP contribution in [0.25, 0.3) is 0 Å². The number of halogens is 1. The lowest BCUT2D eigenvalue weighted by molar-refractivity contribution is -0.125. The van der Waals surface area contributed by atoms with Crippen LogP contribution in [0, 0.1) is 11.7 Å². The number of rotatable bonds is 7. The average Bonchev–Trinajstić information content (AvgIpc) is 2.38. The van der Waals surface area contributed by atoms with Gasteiger partial charge in [0.15, 0.2) is 0 Å². The molecule has 0 aliphatic rings. The Kier molecular flexibility index (Phi) is 6.65. The Bertz CT molecular complexity index is 417. The van der Waals surface area contributed by atoms with Crippen LogP contribution in [0.15, 0.2) is 24.3 Å². The van der Waals surface area contributed by atoms with Gasteiger partial charge in [0.25, 0.3) is 0 Å². The van der Waals surface area contributed by atoms with Crippen LogP contribution >= 0.6 is 0 Å². The molecule has 0 heterocycles. The second-order valence-electron chi connectivity index (χ2n) is 5.59. The van der Waals surface area contributed by atoms with Gasteiger partial charge < -0.3 is 11.1 Å². The van der Waals surface area contributed by atoms with Crippen molar-refractivity contribution < 1.29 is 9.18 Å². The van der Waals surface area contributed by atoms with Crippen LogP contribution in [0.4, 0.5) is 4.39 Å². The Morgan fingerprint density at radius 1 is 1.20 bits per heavy atom. The smallest absolute Gasteiger partial charge is 0.223 e. The predicted molar refractivity (Wildman–Crippen MR) is 79.6 cm³/mol. The topological polar surface area (TPSA) is 55.1 Å². The lowest BCUT2D eigenvalue weighted by Gasteiger charge is -2.18. The highest BCUT2D eigenvalue weighted by molar-refractivity contribution is 5.78. The molecule has 3 atom stereocenters. The van der Waals surface area contributed by atoms with Gasteiger partial charge in [0.05, 0.1) is 6.04 Å². The molecule has 0 spiro atoms. The van der Waals surface area contributed by atoms with E-state index in [9.17, 15) is 9.18 Å². The van der Waals surface area contributed by atoms with E-state index in [1.807, 2.05) is 20.8 Å². The van der Waals surface area contributed by atoms with Crippen LogP contribution in [0.1, 0.15) is 51.6 Å². The first kappa shape index (κ1) is 16.6. The van der Waals surface area contributed by atoms with Gasteiger partial charge in [-0.15, -0.1) is 0 Å². The van der Waals surface area contributed by atoms with Gasteiger partial charge in [0.1, 0.15) is 5.82 Å². The Labute approximate surface area is 120 Å². The van der Waals surface area contributed by atoms with E-state index in [1.54, 1.807) is 12.1 Å². The van der Waals surface area contributed by atoms with E-state index in [1.165, 1.54) is 12.1 Å². The highest BCUT2D eigenvalue weighted by Gasteiger charge is 2.16. The number of amides is 1. The maximum atomic E-state index is 12.8. The van der Waals surface area contributed by atoms with E-state index in [-0.39, 0.29) is 29.7 Å². The molecule has 20 heavy (non-hydrogen) atoms. The van der Waals surface area contributed by atoms with E-state index < -0.39 is 0 Å². The minimum Gasteiger partial charge on any atom is -0.349 e. The van der Waals surface area contributed by atoms with Gasteiger partial charge >= 0.3 is 0 Å². The predicted octanol–water partition coefficient (Wildman–Crippen LogP) is 3.16. The highest BCUT2D eigenvalue weighted by atomic mass is 19.1. The van der Waals surface area contributed by atoms with Crippen molar-refractivity contribution in [1.82, 2.24) is 5.32 Å². The molecule has 0 fully saturated rings. The molecule has 1 aromatic rings. The number of hydrogen-bond donors (Lipinski definition) is 2. The summed E-state index contributed by atoms with van der Waals surface area (Å²) >= 11 is 0. The molecule has 1 amide bonds. The summed E-state index contributed by atoms with van der Waals surface area (Å²) < 4.78 is 12.8. The van der Waals surface area contributed by atoms with Crippen LogP contribution in [-0.4, -0.2) is 11.9 Å². The summed E-state index contributed by atoms with van der Waals surface area (Å²) in [6, 6.07) is 6.28. The standard InChI is InChI=1S/C16H25FN2O/c1-11(5-4-6-12(2)18)16(20)19-13(3)14-7-9-15(17)10-8-14/h7-13H,4-6,18H2,1-3H3,(H,19,20)/t11?,12?,13-/m1/s1. The first-order valence-electron chi connectivity index (χ1n) is 7.21. The van der Waals surface area contributed by atoms with Crippen LogP contribution in [-0.2, 0) is 4.79 Å². The van der Waals surface area contributed by atoms with Crippen molar-refractivity contribution in [1.29, 1.82) is 0 Å². The van der Waals surface area contributed by atoms with Crippen LogP contribution in [0.2, 0.25) is 0 Å². The first-order valence-corrected chi connectivity index (χ1v) is 7.21. The van der Waals surface area contributed by atoms with E-state index in [0.717, 1.165) is 24.8 Å². The Morgan fingerprint density at radius 2 is 1.80 bits per heavy atom. The molecule has 1 aromatic carbocycles. The second-order valence-corrected chi connectivity index (χ2v) is 5.59. The van der Waals surface area contributed by atoms with Crippen LogP contribution in [0.5, 0.6) is 0 Å². The van der Waals surface area contributed by atoms with E-state index >= 15 is 0 Å². The van der Waals surface area contributed by atoms with E-state index in [4.69, 9.17) is 5.73 Å². The maximum Gasteiger partial charge on any atom is 0.223 e. The number of carbonyl (C=O) groups excluding carboxylic acids is 1. The third kappa shape index (κ3) is 5.70. The molecule has 0 aliphatic heterocycles. The molecule has 0 radical (unpaired) electrons. The average molecular weight is 280 g/mol. The minimum atomic E-state index is -0.267. The normalized spacial score (nSPS) is 15.4. The summed E-state index contributed by atoms with van der Waals surface area (Å²) in [7, 11) is 0. The quantitative estimate of drug-likeness (QED) is 0.806. The first-order chi connectivity index (χ1) is 9.40. The van der Waals surface area contributed by atoms with Gasteiger partial charge in [-0.3, -0.25) is 4.79 Å². The van der Waals surface area contributed by atoms with E-state index in [0.29, 0.717) is 0 Å². The summed E-state index contributed by atoms with van der Waals surface area (Å²) in [4.78, 5) is 12.1. The zero-order valence-electron chi connectivity index (χ0n) is 12.5. The van der Waals surface area contributed by atoms with Crippen molar-refractivity contribution in [3.63, 3.8) is 0 Å². The Morgan fingerprint density at radius 3 is 2.35 bits per heavy atom. The van der Waals surface area contributed by atoms with Crippen LogP contribution in [0.3, 0.4) is 0 Å². The van der Waals surface area contributed by atoms with Gasteiger partial charge in [-0.1, -0.05) is 25.5 Å². The number of benzene rings is 1. The molecule has 1 rings (SSSR count). The number of nitrogens with one attached hydrogen (secondary N) is 1. The molecule has 0 aromatic heterocycles. The van der Waals surface area contributed by atoms with Crippen molar-refractivity contribution in [2.45, 2.75) is 52.1 Å². The summed E-state index contributed by atoms with van der Waals surface area (Å²) in [5.41, 5.74) is 6.60. The van der Waals surface area contributed by atoms with Crippen LogP contribution < -0.4 is 11.1 Å². The fraction of sp³-hybridized carbons (Fsp3) is 0.562. The van der Waals surface area contributed by atoms with Crippen molar-refractivity contribution >= 4 is 5.91 Å². The van der Waals surface area contributed by atoms with Gasteiger partial charge in [0, 0.05) is 12.0 Å². The minimum absolute atomic E-state index is 0.0309. The van der Waals surface area contributed by atoms with Gasteiger partial charge in [-0.25, -0.2) is 4.39 Å². The molecule has 3 N–H and O–H groups in total. The molecule has 0 aliphatic carbocycles. The molecule has 4 heteroatoms. The summed E-state index contributed by atoms with van der Waals surface area (Å²) in [6.07, 6.45) is 2.73.